The molecule has 0 heterocycles. The fraction of sp³-hybridized carbons (Fsp3) is 0.938. The van der Waals surface area contributed by atoms with E-state index < -0.39 is 0 Å². The van der Waals surface area contributed by atoms with E-state index in [9.17, 15) is 4.79 Å². The first kappa shape index (κ1) is 14.8. The lowest BCUT2D eigenvalue weighted by atomic mass is 9.69. The molecule has 0 saturated heterocycles. The highest BCUT2D eigenvalue weighted by Gasteiger charge is 2.61. The van der Waals surface area contributed by atoms with Crippen LogP contribution < -0.4 is 10.6 Å². The van der Waals surface area contributed by atoms with E-state index in [2.05, 4.69) is 31.4 Å². The van der Waals surface area contributed by atoms with Gasteiger partial charge < -0.3 is 10.6 Å². The van der Waals surface area contributed by atoms with Gasteiger partial charge in [0, 0.05) is 11.6 Å². The molecule has 0 spiro atoms. The van der Waals surface area contributed by atoms with Crippen LogP contribution in [0.3, 0.4) is 0 Å². The maximum atomic E-state index is 11.9. The predicted molar refractivity (Wildman–Crippen MR) is 78.9 cm³/mol. The third kappa shape index (κ3) is 2.54. The highest BCUT2D eigenvalue weighted by atomic mass is 16.2. The first-order valence-corrected chi connectivity index (χ1v) is 7.61. The molecular formula is C16H30N2O. The average molecular weight is 266 g/mol. The molecule has 19 heavy (non-hydrogen) atoms. The molecule has 3 nitrogen and oxygen atoms in total. The van der Waals surface area contributed by atoms with Crippen molar-refractivity contribution in [2.45, 2.75) is 72.4 Å². The third-order valence-corrected chi connectivity index (χ3v) is 5.82. The summed E-state index contributed by atoms with van der Waals surface area (Å²) in [5.74, 6) is 0.928. The van der Waals surface area contributed by atoms with Gasteiger partial charge in [-0.1, -0.05) is 20.8 Å². The Bertz CT molecular complexity index is 369. The Morgan fingerprint density at radius 3 is 2.32 bits per heavy atom. The molecule has 0 aromatic rings. The fourth-order valence-electron chi connectivity index (χ4n) is 4.19. The van der Waals surface area contributed by atoms with Gasteiger partial charge in [-0.3, -0.25) is 4.79 Å². The van der Waals surface area contributed by atoms with E-state index in [0.29, 0.717) is 23.4 Å². The second-order valence-electron chi connectivity index (χ2n) is 8.34. The van der Waals surface area contributed by atoms with Crippen LogP contribution in [0.25, 0.3) is 0 Å². The van der Waals surface area contributed by atoms with Crippen molar-refractivity contribution in [1.82, 2.24) is 10.6 Å². The van der Waals surface area contributed by atoms with E-state index >= 15 is 0 Å². The van der Waals surface area contributed by atoms with Crippen molar-refractivity contribution in [1.29, 1.82) is 0 Å². The minimum Gasteiger partial charge on any atom is -0.350 e. The summed E-state index contributed by atoms with van der Waals surface area (Å²) in [6, 6.07) is 0.493. The summed E-state index contributed by atoms with van der Waals surface area (Å²) in [6.45, 7) is 13.7. The molecule has 0 aliphatic heterocycles. The van der Waals surface area contributed by atoms with Gasteiger partial charge in [-0.2, -0.15) is 0 Å². The molecule has 3 heteroatoms. The van der Waals surface area contributed by atoms with Gasteiger partial charge in [0.1, 0.15) is 0 Å². The smallest absolute Gasteiger partial charge is 0.234 e. The van der Waals surface area contributed by atoms with Crippen molar-refractivity contribution in [3.8, 4) is 0 Å². The Labute approximate surface area is 117 Å². The maximum absolute atomic E-state index is 11.9. The van der Waals surface area contributed by atoms with Gasteiger partial charge in [0.25, 0.3) is 0 Å². The van der Waals surface area contributed by atoms with Crippen molar-refractivity contribution in [3.63, 3.8) is 0 Å². The molecule has 110 valence electrons. The summed E-state index contributed by atoms with van der Waals surface area (Å²) in [4.78, 5) is 11.9. The number of amides is 1. The third-order valence-electron chi connectivity index (χ3n) is 5.82. The molecule has 3 atom stereocenters. The lowest BCUT2D eigenvalue weighted by Crippen LogP contribution is -2.50. The zero-order valence-electron chi connectivity index (χ0n) is 13.4. The molecule has 0 aromatic carbocycles. The average Bonchev–Trinajstić information content (AvgIpc) is 2.56. The number of rotatable bonds is 3. The first-order valence-electron chi connectivity index (χ1n) is 7.61. The lowest BCUT2D eigenvalue weighted by Gasteiger charge is -2.39. The van der Waals surface area contributed by atoms with Gasteiger partial charge >= 0.3 is 0 Å². The molecule has 2 rings (SSSR count). The van der Waals surface area contributed by atoms with Gasteiger partial charge in [-0.25, -0.2) is 0 Å². The minimum absolute atomic E-state index is 0.108. The van der Waals surface area contributed by atoms with Crippen LogP contribution in [0, 0.1) is 16.7 Å². The summed E-state index contributed by atoms with van der Waals surface area (Å²) in [5.41, 5.74) is 0.613. The van der Waals surface area contributed by atoms with Crippen molar-refractivity contribution >= 4 is 5.91 Å². The van der Waals surface area contributed by atoms with E-state index in [0.717, 1.165) is 5.92 Å². The lowest BCUT2D eigenvalue weighted by molar-refractivity contribution is -0.121. The van der Waals surface area contributed by atoms with Gasteiger partial charge in [-0.05, 0) is 56.8 Å². The monoisotopic (exact) mass is 266 g/mol. The quantitative estimate of drug-likeness (QED) is 0.824. The summed E-state index contributed by atoms with van der Waals surface area (Å²) < 4.78 is 0. The predicted octanol–water partition coefficient (Wildman–Crippen LogP) is 2.71. The molecule has 2 saturated carbocycles. The second kappa shape index (κ2) is 4.47. The van der Waals surface area contributed by atoms with Crippen LogP contribution in [-0.2, 0) is 4.79 Å². The topological polar surface area (TPSA) is 41.1 Å². The minimum atomic E-state index is -0.142. The molecule has 2 bridgehead atoms. The van der Waals surface area contributed by atoms with Crippen molar-refractivity contribution in [2.75, 3.05) is 6.54 Å². The Hall–Kier alpha value is -0.570. The standard InChI is InChI=1S/C16H30N2O/c1-14(2,3)18-13(19)10-17-12-9-11-7-8-16(12,6)15(11,4)5/h11-12,17H,7-10H2,1-6H3,(H,18,19). The zero-order valence-corrected chi connectivity index (χ0v) is 13.4. The Balaban J connectivity index is 1.91. The molecule has 2 aliphatic rings. The number of nitrogens with one attached hydrogen (secondary N) is 2. The second-order valence-corrected chi connectivity index (χ2v) is 8.34. The van der Waals surface area contributed by atoms with Crippen LogP contribution in [0.15, 0.2) is 0 Å². The molecule has 1 amide bonds. The molecule has 0 radical (unpaired) electrons. The van der Waals surface area contributed by atoms with E-state index in [1.807, 2.05) is 20.8 Å². The van der Waals surface area contributed by atoms with Crippen LogP contribution in [-0.4, -0.2) is 24.0 Å². The Kier molecular flexibility index (Phi) is 3.49. The molecule has 2 N–H and O–H groups in total. The molecule has 3 unspecified atom stereocenters. The molecule has 2 fully saturated rings. The van der Waals surface area contributed by atoms with E-state index in [4.69, 9.17) is 0 Å². The van der Waals surface area contributed by atoms with Crippen LogP contribution in [0.4, 0.5) is 0 Å². The Morgan fingerprint density at radius 1 is 1.26 bits per heavy atom. The van der Waals surface area contributed by atoms with Gasteiger partial charge in [0.15, 0.2) is 0 Å². The van der Waals surface area contributed by atoms with Crippen molar-refractivity contribution in [2.24, 2.45) is 16.7 Å². The van der Waals surface area contributed by atoms with E-state index in [1.54, 1.807) is 0 Å². The van der Waals surface area contributed by atoms with Gasteiger partial charge in [0.2, 0.25) is 5.91 Å². The summed E-state index contributed by atoms with van der Waals surface area (Å²) >= 11 is 0. The maximum Gasteiger partial charge on any atom is 0.234 e. The van der Waals surface area contributed by atoms with Crippen molar-refractivity contribution in [3.05, 3.63) is 0 Å². The zero-order chi connectivity index (χ0) is 14.5. The SMILES string of the molecule is CC(C)(C)NC(=O)CNC1CC2CCC1(C)C2(C)C. The number of fused-ring (bicyclic) bond motifs is 2. The van der Waals surface area contributed by atoms with Gasteiger partial charge in [-0.15, -0.1) is 0 Å². The van der Waals surface area contributed by atoms with Crippen LogP contribution in [0.5, 0.6) is 0 Å². The Morgan fingerprint density at radius 2 is 1.89 bits per heavy atom. The van der Waals surface area contributed by atoms with E-state index in [-0.39, 0.29) is 11.4 Å². The fourth-order valence-corrected chi connectivity index (χ4v) is 4.19. The largest absolute Gasteiger partial charge is 0.350 e. The number of hydrogen-bond acceptors (Lipinski definition) is 2. The highest BCUT2D eigenvalue weighted by molar-refractivity contribution is 5.78. The normalized spacial score (nSPS) is 36.5. The number of carbonyl (C=O) groups is 1. The number of carbonyl (C=O) groups excluding carboxylic acids is 1. The van der Waals surface area contributed by atoms with Crippen LogP contribution in [0.1, 0.15) is 60.8 Å². The molecular weight excluding hydrogens is 236 g/mol. The summed E-state index contributed by atoms with van der Waals surface area (Å²) in [5, 5.41) is 6.54. The van der Waals surface area contributed by atoms with E-state index in [1.165, 1.54) is 19.3 Å². The van der Waals surface area contributed by atoms with Crippen LogP contribution >= 0.6 is 0 Å². The van der Waals surface area contributed by atoms with Crippen molar-refractivity contribution < 1.29 is 4.79 Å². The first-order chi connectivity index (χ1) is 8.56. The van der Waals surface area contributed by atoms with Crippen LogP contribution in [0.2, 0.25) is 0 Å². The summed E-state index contributed by atoms with van der Waals surface area (Å²) in [7, 11) is 0. The number of hydrogen-bond donors (Lipinski definition) is 2. The highest BCUT2D eigenvalue weighted by Crippen LogP contribution is 2.65. The molecule has 2 aliphatic carbocycles. The van der Waals surface area contributed by atoms with Gasteiger partial charge in [0.05, 0.1) is 6.54 Å². The summed E-state index contributed by atoms with van der Waals surface area (Å²) in [6.07, 6.45) is 3.88. The molecule has 0 aromatic heterocycles.